The van der Waals surface area contributed by atoms with Crippen LogP contribution >= 0.6 is 0 Å². The van der Waals surface area contributed by atoms with Gasteiger partial charge < -0.3 is 9.84 Å². The van der Waals surface area contributed by atoms with Crippen LogP contribution in [0.15, 0.2) is 12.2 Å². The highest BCUT2D eigenvalue weighted by molar-refractivity contribution is 4.91. The molecule has 66 valence electrons. The number of aliphatic hydroxyl groups is 1. The van der Waals surface area contributed by atoms with Gasteiger partial charge in [-0.3, -0.25) is 0 Å². The van der Waals surface area contributed by atoms with Crippen molar-refractivity contribution in [2.45, 2.75) is 34.0 Å². The van der Waals surface area contributed by atoms with Gasteiger partial charge in [0.25, 0.3) is 0 Å². The lowest BCUT2D eigenvalue weighted by atomic mass is 9.99. The van der Waals surface area contributed by atoms with Crippen molar-refractivity contribution in [2.24, 2.45) is 5.41 Å². The fraction of sp³-hybridized carbons (Fsp3) is 0.778. The minimum atomic E-state index is -0.811. The predicted octanol–water partition coefficient (Wildman–Crippen LogP) is 1.94. The molecule has 0 aliphatic rings. The summed E-state index contributed by atoms with van der Waals surface area (Å²) in [6.45, 7) is 12.0. The zero-order valence-electron chi connectivity index (χ0n) is 7.85. The van der Waals surface area contributed by atoms with Gasteiger partial charge in [0.15, 0.2) is 6.29 Å². The van der Waals surface area contributed by atoms with Crippen molar-refractivity contribution in [1.82, 2.24) is 0 Å². The molecule has 0 rings (SSSR count). The maximum atomic E-state index is 9.17. The molecule has 0 aliphatic carbocycles. The fourth-order valence-corrected chi connectivity index (χ4v) is 0.471. The van der Waals surface area contributed by atoms with Gasteiger partial charge in [0.05, 0.1) is 6.61 Å². The molecule has 0 aromatic rings. The monoisotopic (exact) mass is 158 g/mol. The number of hydrogen-bond donors (Lipinski definition) is 1. The van der Waals surface area contributed by atoms with Crippen LogP contribution in [0.25, 0.3) is 0 Å². The number of ether oxygens (including phenoxy) is 1. The van der Waals surface area contributed by atoms with Crippen molar-refractivity contribution < 1.29 is 9.84 Å². The highest BCUT2D eigenvalue weighted by atomic mass is 16.6. The average Bonchev–Trinajstić information content (AvgIpc) is 1.80. The molecule has 11 heavy (non-hydrogen) atoms. The summed E-state index contributed by atoms with van der Waals surface area (Å²) in [6.07, 6.45) is -0.811. The van der Waals surface area contributed by atoms with E-state index in [1.807, 2.05) is 0 Å². The van der Waals surface area contributed by atoms with Gasteiger partial charge in [0, 0.05) is 0 Å². The van der Waals surface area contributed by atoms with Gasteiger partial charge >= 0.3 is 0 Å². The molecule has 0 aromatic heterocycles. The maximum Gasteiger partial charge on any atom is 0.176 e. The number of aliphatic hydroxyl groups excluding tert-OH is 1. The van der Waals surface area contributed by atoms with Crippen LogP contribution in [0.4, 0.5) is 0 Å². The SMILES string of the molecule is C=C(C)C(O)OCC(C)(C)C. The third-order valence-corrected chi connectivity index (χ3v) is 1.10. The van der Waals surface area contributed by atoms with Crippen LogP contribution in [0, 0.1) is 5.41 Å². The van der Waals surface area contributed by atoms with Crippen LogP contribution in [-0.2, 0) is 4.74 Å². The summed E-state index contributed by atoms with van der Waals surface area (Å²) < 4.78 is 5.12. The Morgan fingerprint density at radius 1 is 1.55 bits per heavy atom. The van der Waals surface area contributed by atoms with E-state index in [0.717, 1.165) is 0 Å². The molecule has 0 saturated carbocycles. The Bertz CT molecular complexity index is 133. The van der Waals surface area contributed by atoms with Gasteiger partial charge in [-0.25, -0.2) is 0 Å². The summed E-state index contributed by atoms with van der Waals surface area (Å²) in [4.78, 5) is 0. The molecule has 0 amide bonds. The molecule has 1 unspecified atom stereocenters. The van der Waals surface area contributed by atoms with E-state index in [1.165, 1.54) is 0 Å². The Hall–Kier alpha value is -0.340. The van der Waals surface area contributed by atoms with Crippen LogP contribution in [0.5, 0.6) is 0 Å². The minimum absolute atomic E-state index is 0.0937. The van der Waals surface area contributed by atoms with Crippen LogP contribution in [0.3, 0.4) is 0 Å². The zero-order valence-corrected chi connectivity index (χ0v) is 7.85. The molecule has 0 heterocycles. The summed E-state index contributed by atoms with van der Waals surface area (Å²) in [5.41, 5.74) is 0.741. The van der Waals surface area contributed by atoms with Gasteiger partial charge in [0.1, 0.15) is 0 Å². The molecule has 2 nitrogen and oxygen atoms in total. The van der Waals surface area contributed by atoms with Gasteiger partial charge in [-0.1, -0.05) is 27.4 Å². The fourth-order valence-electron chi connectivity index (χ4n) is 0.471. The van der Waals surface area contributed by atoms with Gasteiger partial charge in [-0.2, -0.15) is 0 Å². The van der Waals surface area contributed by atoms with Crippen LogP contribution in [0.1, 0.15) is 27.7 Å². The lowest BCUT2D eigenvalue weighted by molar-refractivity contribution is -0.0938. The third-order valence-electron chi connectivity index (χ3n) is 1.10. The van der Waals surface area contributed by atoms with Crippen LogP contribution in [-0.4, -0.2) is 18.0 Å². The molecule has 0 saturated heterocycles. The molecule has 1 atom stereocenters. The normalized spacial score (nSPS) is 14.6. The predicted molar refractivity (Wildman–Crippen MR) is 46.2 cm³/mol. The van der Waals surface area contributed by atoms with E-state index in [1.54, 1.807) is 6.92 Å². The largest absolute Gasteiger partial charge is 0.364 e. The second kappa shape index (κ2) is 3.88. The molecule has 0 radical (unpaired) electrons. The van der Waals surface area contributed by atoms with E-state index >= 15 is 0 Å². The molecule has 0 aliphatic heterocycles. The maximum absolute atomic E-state index is 9.17. The second-order valence-electron chi connectivity index (χ2n) is 4.07. The summed E-state index contributed by atoms with van der Waals surface area (Å²) in [6, 6.07) is 0. The molecule has 0 fully saturated rings. The molecular weight excluding hydrogens is 140 g/mol. The van der Waals surface area contributed by atoms with Crippen LogP contribution in [0.2, 0.25) is 0 Å². The summed E-state index contributed by atoms with van der Waals surface area (Å²) in [5, 5.41) is 9.17. The van der Waals surface area contributed by atoms with Crippen molar-refractivity contribution in [1.29, 1.82) is 0 Å². The lowest BCUT2D eigenvalue weighted by Crippen LogP contribution is -2.21. The van der Waals surface area contributed by atoms with E-state index in [0.29, 0.717) is 12.2 Å². The molecule has 0 spiro atoms. The molecule has 1 N–H and O–H groups in total. The van der Waals surface area contributed by atoms with Crippen molar-refractivity contribution in [3.05, 3.63) is 12.2 Å². The zero-order chi connectivity index (χ0) is 9.07. The van der Waals surface area contributed by atoms with Crippen LogP contribution < -0.4 is 0 Å². The first-order valence-electron chi connectivity index (χ1n) is 3.78. The Morgan fingerprint density at radius 2 is 2.00 bits per heavy atom. The Labute approximate surface area is 68.9 Å². The molecule has 0 aromatic carbocycles. The summed E-state index contributed by atoms with van der Waals surface area (Å²) in [7, 11) is 0. The van der Waals surface area contributed by atoms with Gasteiger partial charge in [-0.05, 0) is 17.9 Å². The summed E-state index contributed by atoms with van der Waals surface area (Å²) >= 11 is 0. The first kappa shape index (κ1) is 10.7. The quantitative estimate of drug-likeness (QED) is 0.502. The topological polar surface area (TPSA) is 29.5 Å². The van der Waals surface area contributed by atoms with E-state index < -0.39 is 6.29 Å². The van der Waals surface area contributed by atoms with E-state index in [4.69, 9.17) is 9.84 Å². The first-order valence-corrected chi connectivity index (χ1v) is 3.78. The molecule has 2 heteroatoms. The Morgan fingerprint density at radius 3 is 2.27 bits per heavy atom. The minimum Gasteiger partial charge on any atom is -0.364 e. The van der Waals surface area contributed by atoms with Gasteiger partial charge in [0.2, 0.25) is 0 Å². The first-order chi connectivity index (χ1) is 4.83. The van der Waals surface area contributed by atoms with Crippen molar-refractivity contribution in [2.75, 3.05) is 6.61 Å². The molecule has 0 bridgehead atoms. The highest BCUT2D eigenvalue weighted by Gasteiger charge is 2.13. The summed E-state index contributed by atoms with van der Waals surface area (Å²) in [5.74, 6) is 0. The van der Waals surface area contributed by atoms with E-state index in [2.05, 4.69) is 27.4 Å². The Balaban J connectivity index is 3.63. The second-order valence-corrected chi connectivity index (χ2v) is 4.07. The highest BCUT2D eigenvalue weighted by Crippen LogP contribution is 2.14. The number of hydrogen-bond acceptors (Lipinski definition) is 2. The van der Waals surface area contributed by atoms with Crippen molar-refractivity contribution in [3.8, 4) is 0 Å². The standard InChI is InChI=1S/C9H18O2/c1-7(2)8(10)11-6-9(3,4)5/h8,10H,1,6H2,2-5H3. The molecular formula is C9H18O2. The lowest BCUT2D eigenvalue weighted by Gasteiger charge is -2.20. The third kappa shape index (κ3) is 6.07. The van der Waals surface area contributed by atoms with E-state index in [9.17, 15) is 0 Å². The smallest absolute Gasteiger partial charge is 0.176 e. The van der Waals surface area contributed by atoms with Crippen molar-refractivity contribution in [3.63, 3.8) is 0 Å². The average molecular weight is 158 g/mol. The van der Waals surface area contributed by atoms with Crippen molar-refractivity contribution >= 4 is 0 Å². The number of rotatable bonds is 3. The van der Waals surface area contributed by atoms with Gasteiger partial charge in [-0.15, -0.1) is 0 Å². The Kier molecular flexibility index (Phi) is 3.76. The van der Waals surface area contributed by atoms with E-state index in [-0.39, 0.29) is 5.41 Å².